The summed E-state index contributed by atoms with van der Waals surface area (Å²) in [4.78, 5) is 24.3. The Hall–Kier alpha value is -2.04. The molecule has 19 heavy (non-hydrogen) atoms. The standard InChI is InChI=1S/C14H18N2O3/c1-10-9-12(10)15-14(19)16(8-7-13(17)18)11-5-3-2-4-6-11/h2-6,10,12H,7-9H2,1H3,(H,15,19)(H,17,18). The molecule has 0 spiro atoms. The molecule has 2 atom stereocenters. The van der Waals surface area contributed by atoms with E-state index in [1.54, 1.807) is 12.1 Å². The number of carbonyl (C=O) groups excluding carboxylic acids is 1. The topological polar surface area (TPSA) is 69.6 Å². The van der Waals surface area contributed by atoms with Crippen LogP contribution in [-0.2, 0) is 4.79 Å². The third-order valence-electron chi connectivity index (χ3n) is 3.28. The van der Waals surface area contributed by atoms with Crippen LogP contribution in [0.5, 0.6) is 0 Å². The van der Waals surface area contributed by atoms with Crippen molar-refractivity contribution in [2.24, 2.45) is 5.92 Å². The van der Waals surface area contributed by atoms with E-state index in [1.807, 2.05) is 18.2 Å². The van der Waals surface area contributed by atoms with Gasteiger partial charge in [-0.3, -0.25) is 9.69 Å². The fourth-order valence-electron chi connectivity index (χ4n) is 1.92. The first-order valence-electron chi connectivity index (χ1n) is 6.43. The van der Waals surface area contributed by atoms with Crippen LogP contribution in [0.2, 0.25) is 0 Å². The average molecular weight is 262 g/mol. The second-order valence-electron chi connectivity index (χ2n) is 4.90. The normalized spacial score (nSPS) is 20.7. The molecule has 0 heterocycles. The predicted octanol–water partition coefficient (Wildman–Crippen LogP) is 2.09. The Kier molecular flexibility index (Phi) is 4.04. The summed E-state index contributed by atoms with van der Waals surface area (Å²) in [5.74, 6) is -0.394. The van der Waals surface area contributed by atoms with Crippen molar-refractivity contribution in [2.75, 3.05) is 11.4 Å². The van der Waals surface area contributed by atoms with Gasteiger partial charge in [-0.25, -0.2) is 4.79 Å². The third kappa shape index (κ3) is 3.71. The lowest BCUT2D eigenvalue weighted by Gasteiger charge is -2.22. The lowest BCUT2D eigenvalue weighted by Crippen LogP contribution is -2.42. The third-order valence-corrected chi connectivity index (χ3v) is 3.28. The summed E-state index contributed by atoms with van der Waals surface area (Å²) in [5.41, 5.74) is 0.717. The summed E-state index contributed by atoms with van der Waals surface area (Å²) in [6.45, 7) is 2.25. The molecule has 1 fully saturated rings. The number of urea groups is 1. The zero-order valence-electron chi connectivity index (χ0n) is 10.9. The number of carboxylic acid groups (broad SMARTS) is 1. The highest BCUT2D eigenvalue weighted by Gasteiger charge is 2.35. The molecule has 1 aromatic rings. The Morgan fingerprint density at radius 1 is 1.37 bits per heavy atom. The average Bonchev–Trinajstić information content (AvgIpc) is 3.06. The van der Waals surface area contributed by atoms with E-state index in [0.717, 1.165) is 12.1 Å². The number of anilines is 1. The summed E-state index contributed by atoms with van der Waals surface area (Å²) >= 11 is 0. The van der Waals surface area contributed by atoms with Crippen molar-refractivity contribution in [3.8, 4) is 0 Å². The van der Waals surface area contributed by atoms with Crippen LogP contribution in [0.1, 0.15) is 19.8 Å². The highest BCUT2D eigenvalue weighted by Crippen LogP contribution is 2.29. The largest absolute Gasteiger partial charge is 0.481 e. The number of nitrogens with zero attached hydrogens (tertiary/aromatic N) is 1. The Labute approximate surface area is 112 Å². The van der Waals surface area contributed by atoms with Gasteiger partial charge in [0.1, 0.15) is 0 Å². The van der Waals surface area contributed by atoms with Crippen molar-refractivity contribution in [3.05, 3.63) is 30.3 Å². The van der Waals surface area contributed by atoms with Gasteiger partial charge in [-0.2, -0.15) is 0 Å². The van der Waals surface area contributed by atoms with Crippen LogP contribution < -0.4 is 10.2 Å². The fourth-order valence-corrected chi connectivity index (χ4v) is 1.92. The van der Waals surface area contributed by atoms with Crippen LogP contribution in [0, 0.1) is 5.92 Å². The maximum atomic E-state index is 12.2. The number of carbonyl (C=O) groups is 2. The quantitative estimate of drug-likeness (QED) is 0.853. The first kappa shape index (κ1) is 13.4. The van der Waals surface area contributed by atoms with Crippen LogP contribution in [0.4, 0.5) is 10.5 Å². The molecular weight excluding hydrogens is 244 g/mol. The number of nitrogens with one attached hydrogen (secondary N) is 1. The van der Waals surface area contributed by atoms with Crippen molar-refractivity contribution >= 4 is 17.7 Å². The molecule has 102 valence electrons. The molecule has 2 rings (SSSR count). The molecule has 2 unspecified atom stereocenters. The second kappa shape index (κ2) is 5.73. The van der Waals surface area contributed by atoms with Crippen LogP contribution in [-0.4, -0.2) is 29.7 Å². The Bertz CT molecular complexity index is 461. The van der Waals surface area contributed by atoms with Gasteiger partial charge in [-0.1, -0.05) is 25.1 Å². The molecule has 1 aliphatic carbocycles. The molecule has 0 radical (unpaired) electrons. The van der Waals surface area contributed by atoms with E-state index in [-0.39, 0.29) is 25.0 Å². The predicted molar refractivity (Wildman–Crippen MR) is 72.1 cm³/mol. The molecule has 2 amide bonds. The highest BCUT2D eigenvalue weighted by atomic mass is 16.4. The number of hydrogen-bond acceptors (Lipinski definition) is 2. The maximum absolute atomic E-state index is 12.2. The number of hydrogen-bond donors (Lipinski definition) is 2. The molecule has 2 N–H and O–H groups in total. The van der Waals surface area contributed by atoms with Crippen LogP contribution in [0.25, 0.3) is 0 Å². The van der Waals surface area contributed by atoms with Gasteiger partial charge >= 0.3 is 12.0 Å². The molecule has 5 nitrogen and oxygen atoms in total. The van der Waals surface area contributed by atoms with Crippen molar-refractivity contribution in [1.29, 1.82) is 0 Å². The molecule has 1 saturated carbocycles. The molecule has 0 aromatic heterocycles. The fraction of sp³-hybridized carbons (Fsp3) is 0.429. The molecule has 1 aliphatic rings. The SMILES string of the molecule is CC1CC1NC(=O)N(CCC(=O)O)c1ccccc1. The Morgan fingerprint density at radius 3 is 2.53 bits per heavy atom. The smallest absolute Gasteiger partial charge is 0.322 e. The van der Waals surface area contributed by atoms with E-state index < -0.39 is 5.97 Å². The summed E-state index contributed by atoms with van der Waals surface area (Å²) in [5, 5.41) is 11.7. The minimum atomic E-state index is -0.909. The van der Waals surface area contributed by atoms with E-state index in [9.17, 15) is 9.59 Å². The molecule has 0 bridgehead atoms. The Morgan fingerprint density at radius 2 is 2.00 bits per heavy atom. The molecular formula is C14H18N2O3. The van der Waals surface area contributed by atoms with Gasteiger partial charge < -0.3 is 10.4 Å². The number of rotatable bonds is 5. The van der Waals surface area contributed by atoms with Crippen LogP contribution >= 0.6 is 0 Å². The van der Waals surface area contributed by atoms with Crippen molar-refractivity contribution in [3.63, 3.8) is 0 Å². The molecule has 0 aliphatic heterocycles. The van der Waals surface area contributed by atoms with Gasteiger partial charge in [0.25, 0.3) is 0 Å². The monoisotopic (exact) mass is 262 g/mol. The van der Waals surface area contributed by atoms with Gasteiger partial charge in [-0.15, -0.1) is 0 Å². The van der Waals surface area contributed by atoms with Crippen molar-refractivity contribution < 1.29 is 14.7 Å². The molecule has 0 saturated heterocycles. The second-order valence-corrected chi connectivity index (χ2v) is 4.90. The van der Waals surface area contributed by atoms with E-state index in [4.69, 9.17) is 5.11 Å². The van der Waals surface area contributed by atoms with Gasteiger partial charge in [0.15, 0.2) is 0 Å². The minimum Gasteiger partial charge on any atom is -0.481 e. The summed E-state index contributed by atoms with van der Waals surface area (Å²) in [6.07, 6.45) is 0.926. The number of para-hydroxylation sites is 1. The van der Waals surface area contributed by atoms with Gasteiger partial charge in [0.05, 0.1) is 6.42 Å². The van der Waals surface area contributed by atoms with Gasteiger partial charge in [-0.05, 0) is 24.5 Å². The summed E-state index contributed by atoms with van der Waals surface area (Å²) in [6, 6.07) is 9.13. The zero-order valence-corrected chi connectivity index (χ0v) is 10.9. The summed E-state index contributed by atoms with van der Waals surface area (Å²) < 4.78 is 0. The van der Waals surface area contributed by atoms with E-state index in [0.29, 0.717) is 5.92 Å². The summed E-state index contributed by atoms with van der Waals surface area (Å²) in [7, 11) is 0. The van der Waals surface area contributed by atoms with Crippen LogP contribution in [0.15, 0.2) is 30.3 Å². The first-order valence-corrected chi connectivity index (χ1v) is 6.43. The lowest BCUT2D eigenvalue weighted by molar-refractivity contribution is -0.136. The van der Waals surface area contributed by atoms with Gasteiger partial charge in [0.2, 0.25) is 0 Å². The van der Waals surface area contributed by atoms with E-state index >= 15 is 0 Å². The number of benzene rings is 1. The number of amides is 2. The van der Waals surface area contributed by atoms with Crippen molar-refractivity contribution in [1.82, 2.24) is 5.32 Å². The van der Waals surface area contributed by atoms with E-state index in [2.05, 4.69) is 12.2 Å². The first-order chi connectivity index (χ1) is 9.08. The lowest BCUT2D eigenvalue weighted by atomic mass is 10.2. The number of carboxylic acids is 1. The minimum absolute atomic E-state index is 0.0669. The molecule has 5 heteroatoms. The Balaban J connectivity index is 2.04. The molecule has 1 aromatic carbocycles. The zero-order chi connectivity index (χ0) is 13.8. The maximum Gasteiger partial charge on any atom is 0.322 e. The van der Waals surface area contributed by atoms with Crippen molar-refractivity contribution in [2.45, 2.75) is 25.8 Å². The van der Waals surface area contributed by atoms with Crippen LogP contribution in [0.3, 0.4) is 0 Å². The highest BCUT2D eigenvalue weighted by molar-refractivity contribution is 5.92. The van der Waals surface area contributed by atoms with Gasteiger partial charge in [0, 0.05) is 18.3 Å². The number of aliphatic carboxylic acids is 1. The van der Waals surface area contributed by atoms with E-state index in [1.165, 1.54) is 4.90 Å².